The van der Waals surface area contributed by atoms with Crippen molar-refractivity contribution in [3.8, 4) is 0 Å². The number of carboxylic acid groups (broad SMARTS) is 1. The van der Waals surface area contributed by atoms with E-state index in [9.17, 15) is 23.1 Å². The van der Waals surface area contributed by atoms with Gasteiger partial charge in [0.15, 0.2) is 0 Å². The van der Waals surface area contributed by atoms with Crippen molar-refractivity contribution in [2.75, 3.05) is 18.8 Å². The van der Waals surface area contributed by atoms with Crippen molar-refractivity contribution in [2.45, 2.75) is 82.7 Å². The van der Waals surface area contributed by atoms with Crippen LogP contribution in [-0.4, -0.2) is 56.3 Å². The van der Waals surface area contributed by atoms with Crippen LogP contribution in [0.1, 0.15) is 86.6 Å². The highest BCUT2D eigenvalue weighted by atomic mass is 35.5. The lowest BCUT2D eigenvalue weighted by Gasteiger charge is -2.30. The van der Waals surface area contributed by atoms with Crippen LogP contribution in [-0.2, 0) is 14.8 Å². The quantitative estimate of drug-likeness (QED) is 0.348. The molecule has 3 rings (SSSR count). The van der Waals surface area contributed by atoms with Gasteiger partial charge < -0.3 is 15.7 Å². The molecule has 0 spiro atoms. The van der Waals surface area contributed by atoms with Gasteiger partial charge in [-0.1, -0.05) is 25.5 Å². The van der Waals surface area contributed by atoms with Crippen LogP contribution in [0.3, 0.4) is 0 Å². The summed E-state index contributed by atoms with van der Waals surface area (Å²) in [6.07, 6.45) is 6.82. The molecular weight excluding hydrogens is 490 g/mol. The normalized spacial score (nSPS) is 22.1. The van der Waals surface area contributed by atoms with Gasteiger partial charge in [0.05, 0.1) is 5.75 Å². The highest BCUT2D eigenvalue weighted by Crippen LogP contribution is 2.29. The van der Waals surface area contributed by atoms with E-state index >= 15 is 0 Å². The Morgan fingerprint density at radius 2 is 1.69 bits per heavy atom. The highest BCUT2D eigenvalue weighted by molar-refractivity contribution is 7.89. The van der Waals surface area contributed by atoms with Crippen LogP contribution in [0, 0.1) is 5.92 Å². The van der Waals surface area contributed by atoms with E-state index < -0.39 is 22.0 Å². The van der Waals surface area contributed by atoms with Crippen LogP contribution >= 0.6 is 12.4 Å². The Kier molecular flexibility index (Phi) is 12.0. The van der Waals surface area contributed by atoms with Crippen molar-refractivity contribution in [3.05, 3.63) is 35.4 Å². The first-order valence-electron chi connectivity index (χ1n) is 12.6. The van der Waals surface area contributed by atoms with Gasteiger partial charge in [0.25, 0.3) is 5.91 Å². The second-order valence-electron chi connectivity index (χ2n) is 9.75. The maximum atomic E-state index is 12.7. The van der Waals surface area contributed by atoms with Gasteiger partial charge in [-0.3, -0.25) is 9.59 Å². The van der Waals surface area contributed by atoms with Crippen molar-refractivity contribution in [3.63, 3.8) is 0 Å². The average molecular weight is 530 g/mol. The third-order valence-electron chi connectivity index (χ3n) is 7.12. The van der Waals surface area contributed by atoms with E-state index in [1.165, 1.54) is 5.56 Å². The van der Waals surface area contributed by atoms with Crippen molar-refractivity contribution in [1.29, 1.82) is 0 Å². The fraction of sp³-hybridized carbons (Fsp3) is 0.680. The molecule has 1 heterocycles. The number of nitrogens with one attached hydrogen (secondary N) is 3. The molecule has 0 bridgehead atoms. The lowest BCUT2D eigenvalue weighted by Crippen LogP contribution is -2.44. The smallest absolute Gasteiger partial charge is 0.321 e. The zero-order chi connectivity index (χ0) is 24.6. The predicted molar refractivity (Wildman–Crippen MR) is 140 cm³/mol. The average Bonchev–Trinajstić information content (AvgIpc) is 2.84. The van der Waals surface area contributed by atoms with E-state index in [1.54, 1.807) is 0 Å². The Morgan fingerprint density at radius 3 is 2.26 bits per heavy atom. The molecule has 10 heteroatoms. The van der Waals surface area contributed by atoms with Crippen LogP contribution in [0.5, 0.6) is 0 Å². The van der Waals surface area contributed by atoms with Gasteiger partial charge in [-0.15, -0.1) is 12.4 Å². The minimum atomic E-state index is -3.60. The number of unbranched alkanes of at least 4 members (excludes halogenated alkanes) is 1. The zero-order valence-electron chi connectivity index (χ0n) is 20.5. The molecule has 0 radical (unpaired) electrons. The molecule has 1 amide bonds. The Bertz CT molecular complexity index is 912. The molecule has 2 aliphatic rings. The summed E-state index contributed by atoms with van der Waals surface area (Å²) in [6, 6.07) is 6.89. The van der Waals surface area contributed by atoms with Crippen LogP contribution in [0.4, 0.5) is 0 Å². The Balaban J connectivity index is 0.00000432. The second kappa shape index (κ2) is 14.2. The number of hydrogen-bond donors (Lipinski definition) is 4. The van der Waals surface area contributed by atoms with Crippen LogP contribution in [0.15, 0.2) is 24.3 Å². The zero-order valence-corrected chi connectivity index (χ0v) is 22.1. The lowest BCUT2D eigenvalue weighted by molar-refractivity contribution is -0.139. The number of carbonyl (C=O) groups is 2. The van der Waals surface area contributed by atoms with Gasteiger partial charge in [0, 0.05) is 11.6 Å². The molecule has 1 aromatic carbocycles. The molecule has 8 nitrogen and oxygen atoms in total. The number of benzene rings is 1. The molecule has 1 unspecified atom stereocenters. The Hall–Kier alpha value is -1.68. The van der Waals surface area contributed by atoms with E-state index in [4.69, 9.17) is 0 Å². The highest BCUT2D eigenvalue weighted by Gasteiger charge is 2.30. The van der Waals surface area contributed by atoms with Gasteiger partial charge in [-0.05, 0) is 94.0 Å². The number of aliphatic carboxylic acids is 1. The first-order valence-corrected chi connectivity index (χ1v) is 14.3. The number of amides is 1. The largest absolute Gasteiger partial charge is 0.480 e. The summed E-state index contributed by atoms with van der Waals surface area (Å²) in [5.74, 6) is -0.590. The van der Waals surface area contributed by atoms with E-state index in [-0.39, 0.29) is 42.4 Å². The van der Waals surface area contributed by atoms with Crippen molar-refractivity contribution >= 4 is 34.3 Å². The molecule has 2 fully saturated rings. The summed E-state index contributed by atoms with van der Waals surface area (Å²) in [6.45, 7) is 3.97. The van der Waals surface area contributed by atoms with Crippen LogP contribution in [0.2, 0.25) is 0 Å². The second-order valence-corrected chi connectivity index (χ2v) is 11.6. The SMILES string of the molecule is CCCCS(=O)(=O)NC(C[C@H]1CC[C@@H](NC(=O)c2ccc(C3CCNCC3)cc2)CC1)C(=O)O.Cl. The van der Waals surface area contributed by atoms with Gasteiger partial charge >= 0.3 is 5.97 Å². The van der Waals surface area contributed by atoms with E-state index in [2.05, 4.69) is 27.5 Å². The van der Waals surface area contributed by atoms with E-state index in [0.29, 0.717) is 17.9 Å². The first kappa shape index (κ1) is 29.5. The van der Waals surface area contributed by atoms with E-state index in [0.717, 1.165) is 58.0 Å². The Labute approximate surface area is 215 Å². The number of rotatable bonds is 11. The fourth-order valence-corrected chi connectivity index (χ4v) is 6.43. The predicted octanol–water partition coefficient (Wildman–Crippen LogP) is 3.43. The Morgan fingerprint density at radius 1 is 1.06 bits per heavy atom. The number of carboxylic acids is 1. The number of halogens is 1. The van der Waals surface area contributed by atoms with Crippen molar-refractivity contribution < 1.29 is 23.1 Å². The summed E-state index contributed by atoms with van der Waals surface area (Å²) < 4.78 is 26.6. The minimum Gasteiger partial charge on any atom is -0.480 e. The summed E-state index contributed by atoms with van der Waals surface area (Å²) in [4.78, 5) is 24.3. The monoisotopic (exact) mass is 529 g/mol. The number of carbonyl (C=O) groups excluding carboxylic acids is 1. The third kappa shape index (κ3) is 9.37. The van der Waals surface area contributed by atoms with Crippen molar-refractivity contribution in [2.24, 2.45) is 5.92 Å². The molecule has 1 aliphatic carbocycles. The molecule has 4 N–H and O–H groups in total. The maximum Gasteiger partial charge on any atom is 0.321 e. The van der Waals surface area contributed by atoms with Gasteiger partial charge in [0.1, 0.15) is 6.04 Å². The summed E-state index contributed by atoms with van der Waals surface area (Å²) >= 11 is 0. The van der Waals surface area contributed by atoms with Gasteiger partial charge in [0.2, 0.25) is 10.0 Å². The molecule has 1 aromatic rings. The number of sulfonamides is 1. The summed E-state index contributed by atoms with van der Waals surface area (Å²) in [7, 11) is -3.60. The molecule has 1 saturated carbocycles. The molecule has 0 aromatic heterocycles. The van der Waals surface area contributed by atoms with E-state index in [1.807, 2.05) is 19.1 Å². The van der Waals surface area contributed by atoms with Gasteiger partial charge in [-0.25, -0.2) is 13.1 Å². The topological polar surface area (TPSA) is 125 Å². The lowest BCUT2D eigenvalue weighted by atomic mass is 9.82. The fourth-order valence-electron chi connectivity index (χ4n) is 5.02. The third-order valence-corrected chi connectivity index (χ3v) is 8.59. The molecule has 1 atom stereocenters. The summed E-state index contributed by atoms with van der Waals surface area (Å²) in [5, 5.41) is 16.0. The maximum absolute atomic E-state index is 12.7. The summed E-state index contributed by atoms with van der Waals surface area (Å²) in [5.41, 5.74) is 1.95. The molecule has 35 heavy (non-hydrogen) atoms. The molecule has 198 valence electrons. The number of hydrogen-bond acceptors (Lipinski definition) is 5. The number of piperidine rings is 1. The molecule has 1 saturated heterocycles. The molecular formula is C25H40ClN3O5S. The minimum absolute atomic E-state index is 0. The molecule has 1 aliphatic heterocycles. The van der Waals surface area contributed by atoms with Crippen LogP contribution < -0.4 is 15.4 Å². The first-order chi connectivity index (χ1) is 16.3. The van der Waals surface area contributed by atoms with Crippen LogP contribution in [0.25, 0.3) is 0 Å². The van der Waals surface area contributed by atoms with Crippen molar-refractivity contribution in [1.82, 2.24) is 15.4 Å². The van der Waals surface area contributed by atoms with Gasteiger partial charge in [-0.2, -0.15) is 0 Å². The standard InChI is InChI=1S/C25H39N3O5S.ClH/c1-2-3-16-34(32,33)28-23(25(30)31)17-18-4-10-22(11-5-18)27-24(29)21-8-6-19(7-9-21)20-12-14-26-15-13-20;/h6-9,18,20,22-23,26,28H,2-5,10-17H2,1H3,(H,27,29)(H,30,31);1H/t18-,22+,23?;.